The number of ether oxygens (including phenoxy) is 1. The van der Waals surface area contributed by atoms with Crippen molar-refractivity contribution < 1.29 is 18.7 Å². The number of halogens is 2. The summed E-state index contributed by atoms with van der Waals surface area (Å²) in [6, 6.07) is 5.57. The number of hydrogen-bond donors (Lipinski definition) is 1. The van der Waals surface area contributed by atoms with E-state index in [2.05, 4.69) is 5.32 Å². The zero-order valence-electron chi connectivity index (χ0n) is 13.2. The van der Waals surface area contributed by atoms with Crippen LogP contribution in [0.15, 0.2) is 24.3 Å². The lowest BCUT2D eigenvalue weighted by atomic mass is 10.0. The molecule has 2 saturated heterocycles. The molecule has 2 heterocycles. The molecule has 8 heteroatoms. The predicted molar refractivity (Wildman–Crippen MR) is 88.7 cm³/mol. The van der Waals surface area contributed by atoms with Crippen LogP contribution in [0.3, 0.4) is 0 Å². The minimum Gasteiger partial charge on any atom is -0.484 e. The van der Waals surface area contributed by atoms with Crippen LogP contribution in [0.25, 0.3) is 0 Å². The molecule has 2 aliphatic heterocycles. The molecule has 0 aliphatic carbocycles. The summed E-state index contributed by atoms with van der Waals surface area (Å²) in [5, 5.41) is 3.09. The molecule has 3 rings (SSSR count). The monoisotopic (exact) mass is 357 g/mol. The Morgan fingerprint density at radius 3 is 2.21 bits per heavy atom. The SMILES string of the molecule is Cl.O=C(COc1ccc(F)cc1)N1CCN(C(=O)C2CNC2)CC1. The molecule has 0 unspecified atom stereocenters. The van der Waals surface area contributed by atoms with Crippen molar-refractivity contribution in [2.24, 2.45) is 5.92 Å². The van der Waals surface area contributed by atoms with Gasteiger partial charge in [-0.25, -0.2) is 4.39 Å². The number of benzene rings is 1. The van der Waals surface area contributed by atoms with Gasteiger partial charge in [-0.05, 0) is 24.3 Å². The summed E-state index contributed by atoms with van der Waals surface area (Å²) in [6.07, 6.45) is 0. The second-order valence-electron chi connectivity index (χ2n) is 5.80. The van der Waals surface area contributed by atoms with Crippen molar-refractivity contribution in [2.75, 3.05) is 45.9 Å². The summed E-state index contributed by atoms with van der Waals surface area (Å²) in [4.78, 5) is 27.8. The van der Waals surface area contributed by atoms with Gasteiger partial charge in [-0.1, -0.05) is 0 Å². The summed E-state index contributed by atoms with van der Waals surface area (Å²) in [5.74, 6) is 0.279. The standard InChI is InChI=1S/C16H20FN3O3.ClH/c17-13-1-3-14(4-2-13)23-11-15(21)19-5-7-20(8-6-19)16(22)12-9-18-10-12;/h1-4,12,18H,5-11H2;1H. The first kappa shape index (κ1) is 18.5. The lowest BCUT2D eigenvalue weighted by Gasteiger charge is -2.38. The summed E-state index contributed by atoms with van der Waals surface area (Å²) in [6.45, 7) is 3.61. The van der Waals surface area contributed by atoms with Crippen LogP contribution in [0.4, 0.5) is 4.39 Å². The van der Waals surface area contributed by atoms with Crippen LogP contribution >= 0.6 is 12.4 Å². The van der Waals surface area contributed by atoms with E-state index in [0.717, 1.165) is 13.1 Å². The number of amides is 2. The molecule has 132 valence electrons. The minimum absolute atomic E-state index is 0. The summed E-state index contributed by atoms with van der Waals surface area (Å²) >= 11 is 0. The molecule has 0 saturated carbocycles. The molecule has 1 aromatic rings. The van der Waals surface area contributed by atoms with Crippen LogP contribution in [-0.2, 0) is 9.59 Å². The number of rotatable bonds is 4. The lowest BCUT2D eigenvalue weighted by Crippen LogP contribution is -2.57. The van der Waals surface area contributed by atoms with Crippen molar-refractivity contribution in [3.8, 4) is 5.75 Å². The Labute approximate surface area is 146 Å². The number of nitrogens with zero attached hydrogens (tertiary/aromatic N) is 2. The van der Waals surface area contributed by atoms with E-state index in [0.29, 0.717) is 31.9 Å². The van der Waals surface area contributed by atoms with Gasteiger partial charge >= 0.3 is 0 Å². The average molecular weight is 358 g/mol. The molecule has 2 aliphatic rings. The van der Waals surface area contributed by atoms with Crippen LogP contribution < -0.4 is 10.1 Å². The Morgan fingerprint density at radius 1 is 1.08 bits per heavy atom. The molecule has 0 aromatic heterocycles. The van der Waals surface area contributed by atoms with Gasteiger partial charge in [-0.3, -0.25) is 9.59 Å². The van der Waals surface area contributed by atoms with Crippen LogP contribution in [-0.4, -0.2) is 67.5 Å². The second kappa shape index (κ2) is 8.30. The van der Waals surface area contributed by atoms with Crippen molar-refractivity contribution in [3.05, 3.63) is 30.1 Å². The first-order valence-electron chi connectivity index (χ1n) is 7.79. The second-order valence-corrected chi connectivity index (χ2v) is 5.80. The molecule has 0 spiro atoms. The molecule has 24 heavy (non-hydrogen) atoms. The van der Waals surface area contributed by atoms with Gasteiger partial charge in [0.25, 0.3) is 5.91 Å². The maximum Gasteiger partial charge on any atom is 0.260 e. The molecule has 1 aromatic carbocycles. The molecule has 2 fully saturated rings. The molecule has 0 radical (unpaired) electrons. The average Bonchev–Trinajstić information content (AvgIpc) is 2.52. The van der Waals surface area contributed by atoms with E-state index < -0.39 is 0 Å². The zero-order chi connectivity index (χ0) is 16.2. The van der Waals surface area contributed by atoms with Crippen molar-refractivity contribution in [2.45, 2.75) is 0 Å². The highest BCUT2D eigenvalue weighted by molar-refractivity contribution is 5.85. The maximum absolute atomic E-state index is 12.8. The number of carbonyl (C=O) groups is 2. The smallest absolute Gasteiger partial charge is 0.260 e. The van der Waals surface area contributed by atoms with E-state index >= 15 is 0 Å². The largest absolute Gasteiger partial charge is 0.484 e. The van der Waals surface area contributed by atoms with E-state index in [1.165, 1.54) is 24.3 Å². The van der Waals surface area contributed by atoms with Crippen LogP contribution in [0, 0.1) is 11.7 Å². The Hall–Kier alpha value is -1.86. The van der Waals surface area contributed by atoms with Gasteiger partial charge in [0.05, 0.1) is 5.92 Å². The van der Waals surface area contributed by atoms with Gasteiger partial charge in [0, 0.05) is 39.3 Å². The fourth-order valence-corrected chi connectivity index (χ4v) is 2.66. The normalized spacial score (nSPS) is 17.7. The molecule has 0 atom stereocenters. The molecule has 1 N–H and O–H groups in total. The summed E-state index contributed by atoms with van der Waals surface area (Å²) < 4.78 is 18.2. The van der Waals surface area contributed by atoms with Gasteiger partial charge in [-0.15, -0.1) is 12.4 Å². The van der Waals surface area contributed by atoms with E-state index in [1.807, 2.05) is 4.90 Å². The molecule has 2 amide bonds. The minimum atomic E-state index is -0.342. The van der Waals surface area contributed by atoms with Gasteiger partial charge in [0.1, 0.15) is 11.6 Å². The van der Waals surface area contributed by atoms with E-state index in [1.54, 1.807) is 4.90 Å². The topological polar surface area (TPSA) is 61.9 Å². The maximum atomic E-state index is 12.8. The molecule has 6 nitrogen and oxygen atoms in total. The highest BCUT2D eigenvalue weighted by Gasteiger charge is 2.31. The van der Waals surface area contributed by atoms with Crippen molar-refractivity contribution in [1.29, 1.82) is 0 Å². The van der Waals surface area contributed by atoms with E-state index in [4.69, 9.17) is 4.74 Å². The van der Waals surface area contributed by atoms with Gasteiger partial charge in [0.2, 0.25) is 5.91 Å². The quantitative estimate of drug-likeness (QED) is 0.853. The van der Waals surface area contributed by atoms with Crippen LogP contribution in [0.5, 0.6) is 5.75 Å². The summed E-state index contributed by atoms with van der Waals surface area (Å²) in [5.41, 5.74) is 0. The number of nitrogens with one attached hydrogen (secondary N) is 1. The number of carbonyl (C=O) groups excluding carboxylic acids is 2. The van der Waals surface area contributed by atoms with Crippen LogP contribution in [0.2, 0.25) is 0 Å². The number of piperazine rings is 1. The third-order valence-corrected chi connectivity index (χ3v) is 4.25. The highest BCUT2D eigenvalue weighted by atomic mass is 35.5. The van der Waals surface area contributed by atoms with E-state index in [-0.39, 0.29) is 42.6 Å². The molecule has 0 bridgehead atoms. The van der Waals surface area contributed by atoms with E-state index in [9.17, 15) is 14.0 Å². The summed E-state index contributed by atoms with van der Waals surface area (Å²) in [7, 11) is 0. The van der Waals surface area contributed by atoms with Crippen LogP contribution in [0.1, 0.15) is 0 Å². The van der Waals surface area contributed by atoms with Crippen molar-refractivity contribution in [3.63, 3.8) is 0 Å². The third-order valence-electron chi connectivity index (χ3n) is 4.25. The highest BCUT2D eigenvalue weighted by Crippen LogP contribution is 2.13. The fourth-order valence-electron chi connectivity index (χ4n) is 2.66. The Morgan fingerprint density at radius 2 is 1.67 bits per heavy atom. The first-order valence-corrected chi connectivity index (χ1v) is 7.79. The van der Waals surface area contributed by atoms with Gasteiger partial charge in [0.15, 0.2) is 6.61 Å². The Bertz CT molecular complexity index is 572. The molecular weight excluding hydrogens is 337 g/mol. The molecular formula is C16H21ClFN3O3. The Balaban J connectivity index is 0.00000208. The Kier molecular flexibility index (Phi) is 6.39. The fraction of sp³-hybridized carbons (Fsp3) is 0.500. The number of hydrogen-bond acceptors (Lipinski definition) is 4. The van der Waals surface area contributed by atoms with Crippen molar-refractivity contribution >= 4 is 24.2 Å². The van der Waals surface area contributed by atoms with Crippen molar-refractivity contribution in [1.82, 2.24) is 15.1 Å². The lowest BCUT2D eigenvalue weighted by molar-refractivity contribution is -0.144. The zero-order valence-corrected chi connectivity index (χ0v) is 14.1. The third kappa shape index (κ3) is 4.36. The van der Waals surface area contributed by atoms with Gasteiger partial charge < -0.3 is 19.9 Å². The first-order chi connectivity index (χ1) is 11.1. The van der Waals surface area contributed by atoms with Gasteiger partial charge in [-0.2, -0.15) is 0 Å². The predicted octanol–water partition coefficient (Wildman–Crippen LogP) is 0.516.